The summed E-state index contributed by atoms with van der Waals surface area (Å²) in [6.07, 6.45) is 1.15. The van der Waals surface area contributed by atoms with Gasteiger partial charge in [-0.15, -0.1) is 0 Å². The largest absolute Gasteiger partial charge is 0.423 e. The molecular weight excluding hydrogens is 647 g/mol. The fourth-order valence-corrected chi connectivity index (χ4v) is 4.83. The Morgan fingerprint density at radius 2 is 0.848 bits per heavy atom. The van der Waals surface area contributed by atoms with E-state index in [2.05, 4.69) is 0 Å². The lowest BCUT2D eigenvalue weighted by Gasteiger charge is -2.18. The van der Waals surface area contributed by atoms with Crippen LogP contribution in [-0.4, -0.2) is 11.9 Å². The highest BCUT2D eigenvalue weighted by Gasteiger charge is 2.34. The Balaban J connectivity index is 2.42. The summed E-state index contributed by atoms with van der Waals surface area (Å²) >= 11 is 60.3. The molecule has 14 heteroatoms. The molecule has 0 N–H and O–H groups in total. The van der Waals surface area contributed by atoms with E-state index in [0.29, 0.717) is 12.8 Å². The smallest absolute Gasteiger partial charge is 0.325 e. The van der Waals surface area contributed by atoms with Crippen molar-refractivity contribution in [1.82, 2.24) is 0 Å². The van der Waals surface area contributed by atoms with Gasteiger partial charge in [0.25, 0.3) is 0 Å². The Hall–Kier alpha value is 0.280. The van der Waals surface area contributed by atoms with Gasteiger partial charge in [0.2, 0.25) is 0 Å². The van der Waals surface area contributed by atoms with Gasteiger partial charge in [0, 0.05) is 0 Å². The van der Waals surface area contributed by atoms with E-state index in [-0.39, 0.29) is 68.1 Å². The second-order valence-corrected chi connectivity index (χ2v) is 10.1. The molecule has 0 aliphatic rings. The van der Waals surface area contributed by atoms with Crippen LogP contribution in [0.5, 0.6) is 11.5 Å². The Morgan fingerprint density at radius 1 is 0.576 bits per heavy atom. The van der Waals surface area contributed by atoms with Crippen LogP contribution in [0, 0.1) is 5.92 Å². The summed E-state index contributed by atoms with van der Waals surface area (Å²) in [7, 11) is 0. The fourth-order valence-electron chi connectivity index (χ4n) is 2.43. The third kappa shape index (κ3) is 6.35. The zero-order valence-electron chi connectivity index (χ0n) is 16.1. The number of hydrogen-bond donors (Lipinski definition) is 0. The topological polar surface area (TPSA) is 52.6 Å². The van der Waals surface area contributed by atoms with Crippen molar-refractivity contribution in [3.05, 3.63) is 50.2 Å². The summed E-state index contributed by atoms with van der Waals surface area (Å²) in [6.45, 7) is 1.85. The Labute approximate surface area is 239 Å². The molecule has 0 amide bonds. The minimum atomic E-state index is -1.44. The lowest BCUT2D eigenvalue weighted by atomic mass is 10.0. The number of benzene rings is 2. The molecule has 0 unspecified atom stereocenters. The molecule has 0 saturated heterocycles. The molecule has 0 aliphatic heterocycles. The first-order chi connectivity index (χ1) is 15.3. The maximum absolute atomic E-state index is 12.9. The Kier molecular flexibility index (Phi) is 11.2. The maximum atomic E-state index is 12.9. The number of carbonyl (C=O) groups is 2. The second kappa shape index (κ2) is 12.5. The molecule has 180 valence electrons. The van der Waals surface area contributed by atoms with Crippen molar-refractivity contribution < 1.29 is 19.1 Å². The molecule has 0 radical (unpaired) electrons. The minimum absolute atomic E-state index is 0.0444. The van der Waals surface area contributed by atoms with Crippen LogP contribution in [0.4, 0.5) is 0 Å². The first-order valence-electron chi connectivity index (χ1n) is 8.81. The molecule has 0 atom stereocenters. The van der Waals surface area contributed by atoms with E-state index in [9.17, 15) is 9.59 Å². The number of ether oxygens (including phenoxy) is 2. The molecule has 2 aromatic rings. The number of hydrogen-bond acceptors (Lipinski definition) is 4. The van der Waals surface area contributed by atoms with E-state index in [1.54, 1.807) is 0 Å². The van der Waals surface area contributed by atoms with Gasteiger partial charge < -0.3 is 9.47 Å². The van der Waals surface area contributed by atoms with Crippen LogP contribution in [0.25, 0.3) is 0 Å². The third-order valence-corrected chi connectivity index (χ3v) is 8.64. The van der Waals surface area contributed by atoms with Crippen LogP contribution in [0.1, 0.15) is 26.2 Å². The fraction of sp³-hybridized carbons (Fsp3) is 0.263. The lowest BCUT2D eigenvalue weighted by molar-refractivity contribution is -0.151. The zero-order valence-corrected chi connectivity index (χ0v) is 23.7. The highest BCUT2D eigenvalue weighted by molar-refractivity contribution is 6.56. The second-order valence-electron chi connectivity index (χ2n) is 6.34. The van der Waals surface area contributed by atoms with E-state index < -0.39 is 17.9 Å². The van der Waals surface area contributed by atoms with E-state index in [1.165, 1.54) is 0 Å². The average molecular weight is 657 g/mol. The molecule has 0 saturated carbocycles. The van der Waals surface area contributed by atoms with E-state index >= 15 is 0 Å². The molecule has 0 spiro atoms. The van der Waals surface area contributed by atoms with Crippen molar-refractivity contribution in [3.8, 4) is 11.5 Å². The summed E-state index contributed by atoms with van der Waals surface area (Å²) in [5.74, 6) is -4.28. The molecule has 2 aromatic carbocycles. The number of carbonyl (C=O) groups excluding carboxylic acids is 2. The van der Waals surface area contributed by atoms with Gasteiger partial charge in [-0.3, -0.25) is 9.59 Å². The Morgan fingerprint density at radius 3 is 1.12 bits per heavy atom. The van der Waals surface area contributed by atoms with Crippen LogP contribution in [0.2, 0.25) is 50.2 Å². The summed E-state index contributed by atoms with van der Waals surface area (Å²) in [5.41, 5.74) is 0. The van der Waals surface area contributed by atoms with Crippen LogP contribution in [-0.2, 0) is 9.59 Å². The van der Waals surface area contributed by atoms with Gasteiger partial charge in [0.15, 0.2) is 17.4 Å². The minimum Gasteiger partial charge on any atom is -0.423 e. The van der Waals surface area contributed by atoms with Gasteiger partial charge in [-0.1, -0.05) is 136 Å². The molecule has 4 nitrogen and oxygen atoms in total. The highest BCUT2D eigenvalue weighted by atomic mass is 35.5. The normalized spacial score (nSPS) is 11.2. The summed E-state index contributed by atoms with van der Waals surface area (Å²) in [5, 5.41) is -2.09. The zero-order chi connectivity index (χ0) is 25.2. The van der Waals surface area contributed by atoms with Crippen molar-refractivity contribution in [2.75, 3.05) is 0 Å². The lowest BCUT2D eigenvalue weighted by Crippen LogP contribution is -2.32. The molecule has 0 aliphatic carbocycles. The maximum Gasteiger partial charge on any atom is 0.325 e. The van der Waals surface area contributed by atoms with Crippen molar-refractivity contribution in [3.63, 3.8) is 0 Å². The third-order valence-electron chi connectivity index (χ3n) is 4.16. The summed E-state index contributed by atoms with van der Waals surface area (Å²) in [4.78, 5) is 25.8. The number of unbranched alkanes of at least 4 members (excludes halogenated alkanes) is 1. The molecular formula is C19H10Cl10O4. The predicted octanol–water partition coefficient (Wildman–Crippen LogP) is 10.5. The molecule has 0 bridgehead atoms. The van der Waals surface area contributed by atoms with Gasteiger partial charge in [-0.25, -0.2) is 0 Å². The number of rotatable bonds is 7. The monoisotopic (exact) mass is 652 g/mol. The van der Waals surface area contributed by atoms with Crippen LogP contribution >= 0.6 is 116 Å². The first kappa shape index (κ1) is 29.5. The molecule has 2 rings (SSSR count). The van der Waals surface area contributed by atoms with Crippen LogP contribution < -0.4 is 9.47 Å². The first-order valence-corrected chi connectivity index (χ1v) is 12.6. The van der Waals surface area contributed by atoms with E-state index in [0.717, 1.165) is 0 Å². The Bertz CT molecular complexity index is 977. The number of esters is 2. The van der Waals surface area contributed by atoms with Crippen molar-refractivity contribution in [2.24, 2.45) is 5.92 Å². The molecule has 33 heavy (non-hydrogen) atoms. The van der Waals surface area contributed by atoms with E-state index in [4.69, 9.17) is 125 Å². The van der Waals surface area contributed by atoms with Crippen LogP contribution in [0.15, 0.2) is 0 Å². The van der Waals surface area contributed by atoms with Crippen molar-refractivity contribution in [2.45, 2.75) is 26.2 Å². The predicted molar refractivity (Wildman–Crippen MR) is 137 cm³/mol. The van der Waals surface area contributed by atoms with Crippen LogP contribution in [0.3, 0.4) is 0 Å². The van der Waals surface area contributed by atoms with Gasteiger partial charge in [0.1, 0.15) is 20.1 Å². The molecule has 0 heterocycles. The van der Waals surface area contributed by atoms with Crippen molar-refractivity contribution in [1.29, 1.82) is 0 Å². The number of halogens is 10. The highest BCUT2D eigenvalue weighted by Crippen LogP contribution is 2.50. The van der Waals surface area contributed by atoms with Gasteiger partial charge in [0.05, 0.1) is 30.1 Å². The molecule has 0 fully saturated rings. The summed E-state index contributed by atoms with van der Waals surface area (Å²) in [6, 6.07) is 0. The van der Waals surface area contributed by atoms with Gasteiger partial charge in [-0.05, 0) is 6.42 Å². The summed E-state index contributed by atoms with van der Waals surface area (Å²) < 4.78 is 10.5. The van der Waals surface area contributed by atoms with E-state index in [1.807, 2.05) is 6.92 Å². The van der Waals surface area contributed by atoms with Gasteiger partial charge in [-0.2, -0.15) is 0 Å². The SMILES string of the molecule is CCCCC(C(=O)Oc1c(Cl)c(Cl)c(Cl)c(Cl)c1Cl)C(=O)Oc1c(Cl)c(Cl)c(Cl)c(Cl)c1Cl. The molecule has 0 aromatic heterocycles. The quantitative estimate of drug-likeness (QED) is 0.0979. The average Bonchev–Trinajstić information content (AvgIpc) is 2.79. The van der Waals surface area contributed by atoms with Crippen molar-refractivity contribution >= 4 is 128 Å². The standard InChI is InChI=1S/C19H10Cl10O4/c1-2-3-4-5(18(30)32-16-12(26)8(22)6(20)9(23)13(16)27)19(31)33-17-14(28)10(24)7(21)11(25)15(17)29/h5H,2-4H2,1H3. The van der Waals surface area contributed by atoms with Gasteiger partial charge >= 0.3 is 11.9 Å².